The highest BCUT2D eigenvalue weighted by atomic mass is 32.2. The molecule has 2 rings (SSSR count). The van der Waals surface area contributed by atoms with Crippen LogP contribution >= 0.6 is 0 Å². The van der Waals surface area contributed by atoms with Gasteiger partial charge < -0.3 is 9.84 Å². The van der Waals surface area contributed by atoms with Crippen molar-refractivity contribution in [2.45, 2.75) is 38.1 Å². The Labute approximate surface area is 115 Å². The van der Waals surface area contributed by atoms with Crippen LogP contribution in [0.5, 0.6) is 0 Å². The minimum absolute atomic E-state index is 0.138. The van der Waals surface area contributed by atoms with Gasteiger partial charge >= 0.3 is 0 Å². The van der Waals surface area contributed by atoms with E-state index in [1.54, 1.807) is 0 Å². The van der Waals surface area contributed by atoms with Crippen LogP contribution in [0, 0.1) is 5.92 Å². The van der Waals surface area contributed by atoms with Gasteiger partial charge in [-0.05, 0) is 18.8 Å². The summed E-state index contributed by atoms with van der Waals surface area (Å²) in [5.41, 5.74) is -0.686. The van der Waals surface area contributed by atoms with Crippen molar-refractivity contribution in [2.75, 3.05) is 32.9 Å². The molecule has 7 heteroatoms. The molecule has 2 unspecified atom stereocenters. The van der Waals surface area contributed by atoms with Crippen LogP contribution in [-0.4, -0.2) is 56.3 Å². The molecule has 1 saturated heterocycles. The second-order valence-electron chi connectivity index (χ2n) is 5.76. The van der Waals surface area contributed by atoms with Gasteiger partial charge in [0.05, 0.1) is 25.4 Å². The van der Waals surface area contributed by atoms with E-state index < -0.39 is 15.7 Å². The fraction of sp³-hybridized carbons (Fsp3) is 1.00. The number of aliphatic hydroxyl groups excluding tert-OH is 1. The summed E-state index contributed by atoms with van der Waals surface area (Å²) in [6.07, 6.45) is 3.46. The zero-order valence-corrected chi connectivity index (χ0v) is 12.3. The molecule has 1 heterocycles. The highest BCUT2D eigenvalue weighted by Gasteiger charge is 2.39. The number of hydrogen-bond donors (Lipinski definition) is 2. The molecule has 0 spiro atoms. The van der Waals surface area contributed by atoms with E-state index in [0.717, 1.165) is 12.8 Å². The van der Waals surface area contributed by atoms with E-state index in [9.17, 15) is 13.5 Å². The van der Waals surface area contributed by atoms with Gasteiger partial charge in [0.25, 0.3) is 10.2 Å². The van der Waals surface area contributed by atoms with Crippen molar-refractivity contribution < 1.29 is 18.3 Å². The van der Waals surface area contributed by atoms with Crippen LogP contribution in [-0.2, 0) is 14.9 Å². The number of rotatable bonds is 4. The van der Waals surface area contributed by atoms with Crippen molar-refractivity contribution in [1.29, 1.82) is 0 Å². The lowest BCUT2D eigenvalue weighted by atomic mass is 9.78. The second-order valence-corrected chi connectivity index (χ2v) is 7.43. The van der Waals surface area contributed by atoms with E-state index in [4.69, 9.17) is 4.74 Å². The Kier molecular flexibility index (Phi) is 4.84. The smallest absolute Gasteiger partial charge is 0.280 e. The zero-order chi connectivity index (χ0) is 13.9. The molecular weight excluding hydrogens is 268 g/mol. The number of hydrogen-bond acceptors (Lipinski definition) is 4. The number of morpholine rings is 1. The molecule has 0 aromatic carbocycles. The lowest BCUT2D eigenvalue weighted by molar-refractivity contribution is 0.0694. The maximum absolute atomic E-state index is 12.4. The lowest BCUT2D eigenvalue weighted by Crippen LogP contribution is -2.58. The van der Waals surface area contributed by atoms with Crippen molar-refractivity contribution in [1.82, 2.24) is 9.03 Å². The molecule has 0 radical (unpaired) electrons. The average Bonchev–Trinajstić information content (AvgIpc) is 2.39. The van der Waals surface area contributed by atoms with E-state index in [-0.39, 0.29) is 6.61 Å². The maximum Gasteiger partial charge on any atom is 0.280 e. The molecule has 6 nitrogen and oxygen atoms in total. The normalized spacial score (nSPS) is 34.3. The Bertz CT molecular complexity index is 395. The van der Waals surface area contributed by atoms with E-state index in [1.165, 1.54) is 4.31 Å². The van der Waals surface area contributed by atoms with Gasteiger partial charge in [0.15, 0.2) is 0 Å². The van der Waals surface area contributed by atoms with E-state index >= 15 is 0 Å². The van der Waals surface area contributed by atoms with Gasteiger partial charge in [-0.1, -0.05) is 19.8 Å². The minimum atomic E-state index is -3.53. The summed E-state index contributed by atoms with van der Waals surface area (Å²) in [4.78, 5) is 0. The summed E-state index contributed by atoms with van der Waals surface area (Å²) in [6.45, 7) is 3.60. The predicted molar refractivity (Wildman–Crippen MR) is 71.9 cm³/mol. The van der Waals surface area contributed by atoms with E-state index in [2.05, 4.69) is 11.6 Å². The number of nitrogens with zero attached hydrogens (tertiary/aromatic N) is 1. The Morgan fingerprint density at radius 1 is 1.42 bits per heavy atom. The quantitative estimate of drug-likeness (QED) is 0.770. The maximum atomic E-state index is 12.4. The van der Waals surface area contributed by atoms with Gasteiger partial charge in [0, 0.05) is 13.1 Å². The molecule has 112 valence electrons. The van der Waals surface area contributed by atoms with Crippen molar-refractivity contribution in [2.24, 2.45) is 5.92 Å². The number of aliphatic hydroxyl groups is 1. The summed E-state index contributed by atoms with van der Waals surface area (Å²) >= 11 is 0. The molecule has 0 aromatic rings. The summed E-state index contributed by atoms with van der Waals surface area (Å²) < 4.78 is 34.1. The molecule has 2 aliphatic rings. The molecule has 1 aliphatic heterocycles. The number of ether oxygens (including phenoxy) is 1. The number of nitrogens with one attached hydrogen (secondary N) is 1. The van der Waals surface area contributed by atoms with Crippen LogP contribution in [0.25, 0.3) is 0 Å². The minimum Gasteiger partial charge on any atom is -0.394 e. The van der Waals surface area contributed by atoms with Crippen molar-refractivity contribution in [3.05, 3.63) is 0 Å². The summed E-state index contributed by atoms with van der Waals surface area (Å²) in [6, 6.07) is 0. The molecular formula is C12H24N2O4S. The standard InChI is InChI=1S/C12H24N2O4S/c1-11-3-2-4-12(9-11,10-15)13-19(16,17)14-5-7-18-8-6-14/h11,13,15H,2-10H2,1H3. The van der Waals surface area contributed by atoms with Crippen LogP contribution < -0.4 is 4.72 Å². The molecule has 1 aliphatic carbocycles. The van der Waals surface area contributed by atoms with Crippen molar-refractivity contribution >= 4 is 10.2 Å². The third-order valence-corrected chi connectivity index (χ3v) is 5.79. The van der Waals surface area contributed by atoms with Gasteiger partial charge in [-0.2, -0.15) is 17.4 Å². The Hall–Kier alpha value is -0.210. The molecule has 19 heavy (non-hydrogen) atoms. The van der Waals surface area contributed by atoms with Crippen LogP contribution in [0.15, 0.2) is 0 Å². The first-order chi connectivity index (χ1) is 8.97. The molecule has 0 amide bonds. The largest absolute Gasteiger partial charge is 0.394 e. The fourth-order valence-corrected chi connectivity index (χ4v) is 4.61. The highest BCUT2D eigenvalue weighted by Crippen LogP contribution is 2.32. The van der Waals surface area contributed by atoms with E-state index in [0.29, 0.717) is 45.1 Å². The zero-order valence-electron chi connectivity index (χ0n) is 11.5. The first-order valence-corrected chi connectivity index (χ1v) is 8.39. The summed E-state index contributed by atoms with van der Waals surface area (Å²) in [7, 11) is -3.53. The first kappa shape index (κ1) is 15.2. The Morgan fingerprint density at radius 2 is 2.11 bits per heavy atom. The monoisotopic (exact) mass is 292 g/mol. The van der Waals surface area contributed by atoms with Gasteiger partial charge in [-0.25, -0.2) is 0 Å². The van der Waals surface area contributed by atoms with Crippen molar-refractivity contribution in [3.63, 3.8) is 0 Å². The van der Waals surface area contributed by atoms with Gasteiger partial charge in [-0.3, -0.25) is 0 Å². The first-order valence-electron chi connectivity index (χ1n) is 6.95. The molecule has 2 fully saturated rings. The molecule has 2 N–H and O–H groups in total. The van der Waals surface area contributed by atoms with Crippen LogP contribution in [0.1, 0.15) is 32.6 Å². The van der Waals surface area contributed by atoms with Crippen LogP contribution in [0.2, 0.25) is 0 Å². The topological polar surface area (TPSA) is 78.9 Å². The van der Waals surface area contributed by atoms with Crippen LogP contribution in [0.4, 0.5) is 0 Å². The van der Waals surface area contributed by atoms with E-state index in [1.807, 2.05) is 0 Å². The predicted octanol–water partition coefficient (Wildman–Crippen LogP) is 0.0942. The van der Waals surface area contributed by atoms with Gasteiger partial charge in [0.2, 0.25) is 0 Å². The lowest BCUT2D eigenvalue weighted by Gasteiger charge is -2.40. The van der Waals surface area contributed by atoms with Gasteiger partial charge in [0.1, 0.15) is 0 Å². The molecule has 2 atom stereocenters. The molecule has 0 bridgehead atoms. The SMILES string of the molecule is CC1CCCC(CO)(NS(=O)(=O)N2CCOCC2)C1. The van der Waals surface area contributed by atoms with Crippen LogP contribution in [0.3, 0.4) is 0 Å². The Balaban J connectivity index is 2.07. The molecule has 0 aromatic heterocycles. The third-order valence-electron chi connectivity index (χ3n) is 4.05. The Morgan fingerprint density at radius 3 is 2.68 bits per heavy atom. The van der Waals surface area contributed by atoms with Gasteiger partial charge in [-0.15, -0.1) is 0 Å². The second kappa shape index (κ2) is 6.05. The summed E-state index contributed by atoms with van der Waals surface area (Å²) in [5, 5.41) is 9.65. The highest BCUT2D eigenvalue weighted by molar-refractivity contribution is 7.87. The fourth-order valence-electron chi connectivity index (χ4n) is 3.05. The van der Waals surface area contributed by atoms with Crippen molar-refractivity contribution in [3.8, 4) is 0 Å². The summed E-state index contributed by atoms with van der Waals surface area (Å²) in [5.74, 6) is 0.438. The molecule has 1 saturated carbocycles. The average molecular weight is 292 g/mol. The third kappa shape index (κ3) is 3.66.